The molecule has 0 spiro atoms. The van der Waals surface area contributed by atoms with Crippen LogP contribution in [0.5, 0.6) is 0 Å². The summed E-state index contributed by atoms with van der Waals surface area (Å²) in [6, 6.07) is 7.59. The SMILES string of the molecule is O=C(CCC1CCCC1)Nc1ccccc1C(=O)NC1CCCC1. The van der Waals surface area contributed by atoms with E-state index in [1.165, 1.54) is 38.5 Å². The lowest BCUT2D eigenvalue weighted by Crippen LogP contribution is -2.33. The summed E-state index contributed by atoms with van der Waals surface area (Å²) in [6.07, 6.45) is 11.1. The minimum absolute atomic E-state index is 0.0167. The van der Waals surface area contributed by atoms with Gasteiger partial charge in [0.2, 0.25) is 5.91 Å². The van der Waals surface area contributed by atoms with Gasteiger partial charge in [-0.3, -0.25) is 9.59 Å². The minimum atomic E-state index is -0.0754. The molecule has 0 bridgehead atoms. The molecule has 2 saturated carbocycles. The predicted molar refractivity (Wildman–Crippen MR) is 96.0 cm³/mol. The number of anilines is 1. The van der Waals surface area contributed by atoms with Crippen LogP contribution in [0.25, 0.3) is 0 Å². The molecule has 4 heteroatoms. The molecule has 3 rings (SSSR count). The van der Waals surface area contributed by atoms with Crippen LogP contribution in [-0.2, 0) is 4.79 Å². The Morgan fingerprint density at radius 2 is 1.62 bits per heavy atom. The maximum atomic E-state index is 12.5. The van der Waals surface area contributed by atoms with Crippen molar-refractivity contribution in [3.8, 4) is 0 Å². The molecule has 0 aliphatic heterocycles. The Morgan fingerprint density at radius 3 is 2.38 bits per heavy atom. The van der Waals surface area contributed by atoms with Crippen molar-refractivity contribution in [1.29, 1.82) is 0 Å². The molecule has 0 heterocycles. The molecule has 2 N–H and O–H groups in total. The van der Waals surface area contributed by atoms with E-state index in [0.29, 0.717) is 23.6 Å². The zero-order valence-electron chi connectivity index (χ0n) is 14.4. The van der Waals surface area contributed by atoms with E-state index in [9.17, 15) is 9.59 Å². The first-order chi connectivity index (χ1) is 11.7. The quantitative estimate of drug-likeness (QED) is 0.819. The van der Waals surface area contributed by atoms with Gasteiger partial charge in [0.1, 0.15) is 0 Å². The summed E-state index contributed by atoms with van der Waals surface area (Å²) in [5.41, 5.74) is 1.20. The Hall–Kier alpha value is -1.84. The second-order valence-corrected chi connectivity index (χ2v) is 7.24. The molecule has 0 unspecified atom stereocenters. The van der Waals surface area contributed by atoms with Gasteiger partial charge in [0.05, 0.1) is 11.3 Å². The topological polar surface area (TPSA) is 58.2 Å². The normalized spacial score (nSPS) is 18.7. The smallest absolute Gasteiger partial charge is 0.253 e. The molecule has 4 nitrogen and oxygen atoms in total. The van der Waals surface area contributed by atoms with Gasteiger partial charge in [0.15, 0.2) is 0 Å². The van der Waals surface area contributed by atoms with E-state index in [1.807, 2.05) is 18.2 Å². The van der Waals surface area contributed by atoms with Gasteiger partial charge in [-0.25, -0.2) is 0 Å². The lowest BCUT2D eigenvalue weighted by Gasteiger charge is -2.15. The fraction of sp³-hybridized carbons (Fsp3) is 0.600. The van der Waals surface area contributed by atoms with Crippen LogP contribution < -0.4 is 10.6 Å². The first-order valence-corrected chi connectivity index (χ1v) is 9.42. The van der Waals surface area contributed by atoms with Crippen molar-refractivity contribution in [3.05, 3.63) is 29.8 Å². The Labute approximate surface area is 144 Å². The van der Waals surface area contributed by atoms with E-state index in [0.717, 1.165) is 19.3 Å². The van der Waals surface area contributed by atoms with Crippen molar-refractivity contribution < 1.29 is 9.59 Å². The molecule has 0 aromatic heterocycles. The number of hydrogen-bond acceptors (Lipinski definition) is 2. The highest BCUT2D eigenvalue weighted by Crippen LogP contribution is 2.28. The number of amides is 2. The molecule has 24 heavy (non-hydrogen) atoms. The van der Waals surface area contributed by atoms with E-state index >= 15 is 0 Å². The van der Waals surface area contributed by atoms with Gasteiger partial charge in [-0.15, -0.1) is 0 Å². The Kier molecular flexibility index (Phi) is 5.89. The van der Waals surface area contributed by atoms with Crippen molar-refractivity contribution in [2.24, 2.45) is 5.92 Å². The zero-order chi connectivity index (χ0) is 16.8. The lowest BCUT2D eigenvalue weighted by atomic mass is 10.0. The monoisotopic (exact) mass is 328 g/mol. The molecule has 2 aliphatic carbocycles. The molecule has 0 saturated heterocycles. The first-order valence-electron chi connectivity index (χ1n) is 9.42. The third kappa shape index (κ3) is 4.59. The van der Waals surface area contributed by atoms with Crippen molar-refractivity contribution in [2.75, 3.05) is 5.32 Å². The Morgan fingerprint density at radius 1 is 0.958 bits per heavy atom. The molecule has 1 aromatic carbocycles. The molecular weight excluding hydrogens is 300 g/mol. The van der Waals surface area contributed by atoms with Crippen molar-refractivity contribution >= 4 is 17.5 Å². The Bertz CT molecular complexity index is 573. The highest BCUT2D eigenvalue weighted by Gasteiger charge is 2.20. The minimum Gasteiger partial charge on any atom is -0.349 e. The molecule has 2 amide bonds. The van der Waals surface area contributed by atoms with E-state index in [1.54, 1.807) is 6.07 Å². The van der Waals surface area contributed by atoms with Crippen LogP contribution in [0.4, 0.5) is 5.69 Å². The summed E-state index contributed by atoms with van der Waals surface area (Å²) in [5.74, 6) is 0.647. The zero-order valence-corrected chi connectivity index (χ0v) is 14.4. The van der Waals surface area contributed by atoms with Gasteiger partial charge in [-0.1, -0.05) is 50.7 Å². The fourth-order valence-electron chi connectivity index (χ4n) is 3.97. The van der Waals surface area contributed by atoms with Crippen molar-refractivity contribution in [3.63, 3.8) is 0 Å². The van der Waals surface area contributed by atoms with Gasteiger partial charge in [-0.05, 0) is 37.3 Å². The van der Waals surface area contributed by atoms with Gasteiger partial charge in [-0.2, -0.15) is 0 Å². The van der Waals surface area contributed by atoms with Gasteiger partial charge < -0.3 is 10.6 Å². The number of rotatable bonds is 6. The molecule has 1 aromatic rings. The maximum Gasteiger partial charge on any atom is 0.253 e. The van der Waals surface area contributed by atoms with E-state index < -0.39 is 0 Å². The van der Waals surface area contributed by atoms with E-state index in [4.69, 9.17) is 0 Å². The first kappa shape index (κ1) is 17.0. The maximum absolute atomic E-state index is 12.5. The molecule has 2 aliphatic rings. The molecule has 130 valence electrons. The largest absolute Gasteiger partial charge is 0.349 e. The number of para-hydroxylation sites is 1. The van der Waals surface area contributed by atoms with Crippen molar-refractivity contribution in [1.82, 2.24) is 5.32 Å². The third-order valence-corrected chi connectivity index (χ3v) is 5.39. The second-order valence-electron chi connectivity index (χ2n) is 7.24. The van der Waals surface area contributed by atoms with Crippen LogP contribution in [0.2, 0.25) is 0 Å². The van der Waals surface area contributed by atoms with Crippen LogP contribution in [0, 0.1) is 5.92 Å². The fourth-order valence-corrected chi connectivity index (χ4v) is 3.97. The van der Waals surface area contributed by atoms with Crippen molar-refractivity contribution in [2.45, 2.75) is 70.3 Å². The predicted octanol–water partition coefficient (Wildman–Crippen LogP) is 4.27. The molecule has 0 radical (unpaired) electrons. The number of hydrogen-bond donors (Lipinski definition) is 2. The highest BCUT2D eigenvalue weighted by molar-refractivity contribution is 6.03. The number of nitrogens with one attached hydrogen (secondary N) is 2. The van der Waals surface area contributed by atoms with Crippen LogP contribution in [0.3, 0.4) is 0 Å². The van der Waals surface area contributed by atoms with Crippen LogP contribution >= 0.6 is 0 Å². The summed E-state index contributed by atoms with van der Waals surface area (Å²) in [4.78, 5) is 24.8. The average molecular weight is 328 g/mol. The molecular formula is C20H28N2O2. The van der Waals surface area contributed by atoms with E-state index in [-0.39, 0.29) is 17.9 Å². The Balaban J connectivity index is 1.56. The van der Waals surface area contributed by atoms with Gasteiger partial charge >= 0.3 is 0 Å². The highest BCUT2D eigenvalue weighted by atomic mass is 16.2. The van der Waals surface area contributed by atoms with Crippen LogP contribution in [0.15, 0.2) is 24.3 Å². The number of benzene rings is 1. The number of carbonyl (C=O) groups excluding carboxylic acids is 2. The summed E-state index contributed by atoms with van der Waals surface area (Å²) < 4.78 is 0. The summed E-state index contributed by atoms with van der Waals surface area (Å²) >= 11 is 0. The third-order valence-electron chi connectivity index (χ3n) is 5.39. The average Bonchev–Trinajstić information content (AvgIpc) is 3.27. The van der Waals surface area contributed by atoms with E-state index in [2.05, 4.69) is 10.6 Å². The summed E-state index contributed by atoms with van der Waals surface area (Å²) in [5, 5.41) is 6.04. The summed E-state index contributed by atoms with van der Waals surface area (Å²) in [7, 11) is 0. The molecule has 0 atom stereocenters. The molecule has 2 fully saturated rings. The standard InChI is InChI=1S/C20H28N2O2/c23-19(14-13-15-7-1-2-8-15)22-18-12-6-5-11-17(18)20(24)21-16-9-3-4-10-16/h5-6,11-12,15-16H,1-4,7-10,13-14H2,(H,21,24)(H,22,23). The second kappa shape index (κ2) is 8.32. The van der Waals surface area contributed by atoms with Crippen LogP contribution in [0.1, 0.15) is 74.6 Å². The lowest BCUT2D eigenvalue weighted by molar-refractivity contribution is -0.116. The van der Waals surface area contributed by atoms with Gasteiger partial charge in [0.25, 0.3) is 5.91 Å². The number of carbonyl (C=O) groups is 2. The summed E-state index contributed by atoms with van der Waals surface area (Å²) in [6.45, 7) is 0. The van der Waals surface area contributed by atoms with Crippen LogP contribution in [-0.4, -0.2) is 17.9 Å². The van der Waals surface area contributed by atoms with Gasteiger partial charge in [0, 0.05) is 12.5 Å².